The lowest BCUT2D eigenvalue weighted by Gasteiger charge is -2.22. The summed E-state index contributed by atoms with van der Waals surface area (Å²) in [6, 6.07) is 2.29. The van der Waals surface area contributed by atoms with Gasteiger partial charge >= 0.3 is 0 Å². The van der Waals surface area contributed by atoms with Crippen LogP contribution in [0.1, 0.15) is 17.3 Å². The molecule has 1 unspecified atom stereocenters. The van der Waals surface area contributed by atoms with Crippen LogP contribution in [0.4, 0.5) is 5.69 Å². The lowest BCUT2D eigenvalue weighted by atomic mass is 10.1. The SMILES string of the molecule is CSCC(C)(O)CNC(=O)c1cc(Cl)c(Cl)c([N+](=O)[O-])c1. The van der Waals surface area contributed by atoms with Crippen LogP contribution in [-0.2, 0) is 0 Å². The lowest BCUT2D eigenvalue weighted by Crippen LogP contribution is -2.42. The predicted molar refractivity (Wildman–Crippen MR) is 84.5 cm³/mol. The van der Waals surface area contributed by atoms with Gasteiger partial charge in [0.15, 0.2) is 0 Å². The summed E-state index contributed by atoms with van der Waals surface area (Å²) in [4.78, 5) is 22.1. The minimum atomic E-state index is -1.07. The van der Waals surface area contributed by atoms with Gasteiger partial charge in [0.1, 0.15) is 5.02 Å². The predicted octanol–water partition coefficient (Wildman–Crippen LogP) is 2.75. The number of nitrogens with zero attached hydrogens (tertiary/aromatic N) is 1. The molecule has 0 spiro atoms. The normalized spacial score (nSPS) is 13.6. The number of benzene rings is 1. The Morgan fingerprint density at radius 2 is 2.14 bits per heavy atom. The number of thioether (sulfide) groups is 1. The highest BCUT2D eigenvalue weighted by molar-refractivity contribution is 7.98. The first-order valence-corrected chi connectivity index (χ1v) is 7.96. The van der Waals surface area contributed by atoms with E-state index in [0.717, 1.165) is 6.07 Å². The number of nitro groups is 1. The molecule has 0 aliphatic carbocycles. The second-order valence-electron chi connectivity index (χ2n) is 4.66. The summed E-state index contributed by atoms with van der Waals surface area (Å²) in [5.74, 6) is -0.132. The zero-order chi connectivity index (χ0) is 16.2. The first kappa shape index (κ1) is 18.0. The van der Waals surface area contributed by atoms with E-state index in [4.69, 9.17) is 23.2 Å². The van der Waals surface area contributed by atoms with Gasteiger partial charge in [-0.15, -0.1) is 0 Å². The summed E-state index contributed by atoms with van der Waals surface area (Å²) in [5.41, 5.74) is -1.50. The van der Waals surface area contributed by atoms with Gasteiger partial charge in [0, 0.05) is 23.9 Å². The Kier molecular flexibility index (Phi) is 6.27. The summed E-state index contributed by atoms with van der Waals surface area (Å²) in [6.07, 6.45) is 1.83. The molecule has 0 fully saturated rings. The molecule has 6 nitrogen and oxygen atoms in total. The van der Waals surface area contributed by atoms with E-state index in [9.17, 15) is 20.0 Å². The fraction of sp³-hybridized carbons (Fsp3) is 0.417. The monoisotopic (exact) mass is 352 g/mol. The average Bonchev–Trinajstić information content (AvgIpc) is 2.38. The zero-order valence-corrected chi connectivity index (χ0v) is 13.7. The first-order valence-electron chi connectivity index (χ1n) is 5.81. The van der Waals surface area contributed by atoms with Crippen molar-refractivity contribution in [3.05, 3.63) is 37.9 Å². The fourth-order valence-electron chi connectivity index (χ4n) is 1.57. The zero-order valence-electron chi connectivity index (χ0n) is 11.4. The number of rotatable bonds is 6. The molecule has 0 aromatic heterocycles. The molecule has 2 N–H and O–H groups in total. The van der Waals surface area contributed by atoms with Crippen molar-refractivity contribution in [2.75, 3.05) is 18.6 Å². The van der Waals surface area contributed by atoms with Crippen molar-refractivity contribution in [2.45, 2.75) is 12.5 Å². The second kappa shape index (κ2) is 7.31. The Hall–Kier alpha value is -1.02. The maximum absolute atomic E-state index is 12.0. The smallest absolute Gasteiger partial charge is 0.290 e. The number of halogens is 2. The molecule has 21 heavy (non-hydrogen) atoms. The number of amides is 1. The van der Waals surface area contributed by atoms with Gasteiger partial charge in [0.25, 0.3) is 11.6 Å². The first-order chi connectivity index (χ1) is 9.68. The van der Waals surface area contributed by atoms with Gasteiger partial charge in [-0.1, -0.05) is 23.2 Å². The van der Waals surface area contributed by atoms with Crippen LogP contribution in [0, 0.1) is 10.1 Å². The third kappa shape index (κ3) is 5.03. The van der Waals surface area contributed by atoms with Crippen LogP contribution < -0.4 is 5.32 Å². The summed E-state index contributed by atoms with van der Waals surface area (Å²) < 4.78 is 0. The Morgan fingerprint density at radius 3 is 2.67 bits per heavy atom. The summed E-state index contributed by atoms with van der Waals surface area (Å²) in [6.45, 7) is 1.60. The molecule has 0 bridgehead atoms. The van der Waals surface area contributed by atoms with Crippen molar-refractivity contribution in [1.29, 1.82) is 0 Å². The third-order valence-corrected chi connectivity index (χ3v) is 4.26. The van der Waals surface area contributed by atoms with Crippen molar-refractivity contribution in [2.24, 2.45) is 0 Å². The standard InChI is InChI=1S/C12H14Cl2N2O4S/c1-12(18,6-21-2)5-15-11(17)7-3-8(13)10(14)9(4-7)16(19)20/h3-4,18H,5-6H2,1-2H3,(H,15,17). The number of hydrogen-bond acceptors (Lipinski definition) is 5. The maximum atomic E-state index is 12.0. The van der Waals surface area contributed by atoms with E-state index in [1.807, 2.05) is 6.26 Å². The van der Waals surface area contributed by atoms with Gasteiger partial charge in [-0.2, -0.15) is 11.8 Å². The Bertz CT molecular complexity index is 566. The van der Waals surface area contributed by atoms with Gasteiger partial charge < -0.3 is 10.4 Å². The van der Waals surface area contributed by atoms with E-state index in [1.165, 1.54) is 17.8 Å². The molecule has 0 saturated heterocycles. The molecule has 0 radical (unpaired) electrons. The molecule has 0 heterocycles. The molecule has 0 aliphatic heterocycles. The molecule has 1 aromatic rings. The van der Waals surface area contributed by atoms with Gasteiger partial charge in [0.2, 0.25) is 0 Å². The molecular formula is C12H14Cl2N2O4S. The summed E-state index contributed by atoms with van der Waals surface area (Å²) in [7, 11) is 0. The van der Waals surface area contributed by atoms with Crippen molar-refractivity contribution >= 4 is 46.6 Å². The molecule has 1 aromatic carbocycles. The van der Waals surface area contributed by atoms with Gasteiger partial charge in [-0.3, -0.25) is 14.9 Å². The Morgan fingerprint density at radius 1 is 1.52 bits per heavy atom. The number of carbonyl (C=O) groups is 1. The highest BCUT2D eigenvalue weighted by atomic mass is 35.5. The van der Waals surface area contributed by atoms with E-state index in [1.54, 1.807) is 6.92 Å². The molecule has 0 saturated carbocycles. The molecular weight excluding hydrogens is 339 g/mol. The minimum absolute atomic E-state index is 0.0102. The van der Waals surface area contributed by atoms with Crippen molar-refractivity contribution in [1.82, 2.24) is 5.32 Å². The van der Waals surface area contributed by atoms with Gasteiger partial charge in [0.05, 0.1) is 15.5 Å². The number of nitro benzene ring substituents is 1. The second-order valence-corrected chi connectivity index (χ2v) is 6.31. The van der Waals surface area contributed by atoms with Crippen LogP contribution in [-0.4, -0.2) is 40.1 Å². The topological polar surface area (TPSA) is 92.5 Å². The van der Waals surface area contributed by atoms with E-state index < -0.39 is 22.1 Å². The number of aliphatic hydroxyl groups is 1. The number of nitrogens with one attached hydrogen (secondary N) is 1. The summed E-state index contributed by atoms with van der Waals surface area (Å²) >= 11 is 12.9. The molecule has 1 amide bonds. The van der Waals surface area contributed by atoms with Crippen LogP contribution in [0.5, 0.6) is 0 Å². The van der Waals surface area contributed by atoms with E-state index in [-0.39, 0.29) is 22.2 Å². The van der Waals surface area contributed by atoms with Crippen LogP contribution >= 0.6 is 35.0 Å². The molecule has 0 aliphatic rings. The number of carbonyl (C=O) groups excluding carboxylic acids is 1. The molecule has 1 atom stereocenters. The van der Waals surface area contributed by atoms with Crippen LogP contribution in [0.25, 0.3) is 0 Å². The van der Waals surface area contributed by atoms with Gasteiger partial charge in [-0.25, -0.2) is 0 Å². The largest absolute Gasteiger partial charge is 0.387 e. The Labute approximate surface area is 136 Å². The minimum Gasteiger partial charge on any atom is -0.387 e. The fourth-order valence-corrected chi connectivity index (χ4v) is 2.69. The van der Waals surface area contributed by atoms with Crippen molar-refractivity contribution in [3.63, 3.8) is 0 Å². The van der Waals surface area contributed by atoms with Crippen LogP contribution in [0.2, 0.25) is 10.0 Å². The van der Waals surface area contributed by atoms with Crippen LogP contribution in [0.15, 0.2) is 12.1 Å². The average molecular weight is 353 g/mol. The van der Waals surface area contributed by atoms with E-state index >= 15 is 0 Å². The highest BCUT2D eigenvalue weighted by Crippen LogP contribution is 2.33. The Balaban J connectivity index is 2.91. The maximum Gasteiger partial charge on any atom is 0.290 e. The van der Waals surface area contributed by atoms with Gasteiger partial charge in [-0.05, 0) is 19.2 Å². The van der Waals surface area contributed by atoms with E-state index in [0.29, 0.717) is 5.75 Å². The highest BCUT2D eigenvalue weighted by Gasteiger charge is 2.23. The van der Waals surface area contributed by atoms with Crippen molar-refractivity contribution < 1.29 is 14.8 Å². The molecule has 1 rings (SSSR count). The van der Waals surface area contributed by atoms with Crippen LogP contribution in [0.3, 0.4) is 0 Å². The van der Waals surface area contributed by atoms with E-state index in [2.05, 4.69) is 5.32 Å². The molecule has 116 valence electrons. The number of hydrogen-bond donors (Lipinski definition) is 2. The summed E-state index contributed by atoms with van der Waals surface area (Å²) in [5, 5.41) is 23.0. The quantitative estimate of drug-likeness (QED) is 0.606. The third-order valence-electron chi connectivity index (χ3n) is 2.55. The molecule has 9 heteroatoms. The van der Waals surface area contributed by atoms with Crippen molar-refractivity contribution in [3.8, 4) is 0 Å². The lowest BCUT2D eigenvalue weighted by molar-refractivity contribution is -0.384.